The molecule has 1 atom stereocenters. The number of anilines is 1. The van der Waals surface area contributed by atoms with Gasteiger partial charge in [0.2, 0.25) is 0 Å². The van der Waals surface area contributed by atoms with Crippen LogP contribution >= 0.6 is 11.6 Å². The highest BCUT2D eigenvalue weighted by molar-refractivity contribution is 6.33. The van der Waals surface area contributed by atoms with Crippen LogP contribution in [0.2, 0.25) is 5.02 Å². The summed E-state index contributed by atoms with van der Waals surface area (Å²) in [5, 5.41) is 2.62. The molecule has 6 nitrogen and oxygen atoms in total. The predicted octanol–water partition coefficient (Wildman–Crippen LogP) is 3.43. The molecule has 1 aliphatic heterocycles. The second kappa shape index (κ2) is 9.45. The minimum Gasteiger partial charge on any atom is -0.455 e. The second-order valence-corrected chi connectivity index (χ2v) is 7.18. The van der Waals surface area contributed by atoms with Crippen molar-refractivity contribution >= 4 is 29.3 Å². The van der Waals surface area contributed by atoms with Crippen molar-refractivity contribution in [2.45, 2.75) is 45.3 Å². The predicted molar refractivity (Wildman–Crippen MR) is 98.0 cm³/mol. The number of esters is 1. The molecule has 1 aromatic heterocycles. The number of pyridine rings is 1. The van der Waals surface area contributed by atoms with Crippen LogP contribution < -0.4 is 10.2 Å². The SMILES string of the molecule is CC[C@H](C)NC(=O)COC(=O)C1CCN(c2ncc(C(F)(F)F)cc2Cl)CC1. The molecule has 28 heavy (non-hydrogen) atoms. The molecule has 0 spiro atoms. The van der Waals surface area contributed by atoms with Gasteiger partial charge in [0.15, 0.2) is 6.61 Å². The standard InChI is InChI=1S/C18H23ClF3N3O3/c1-3-11(2)24-15(26)10-28-17(27)12-4-6-25(7-5-12)16-14(19)8-13(9-23-16)18(20,21)22/h8-9,11-12H,3-7,10H2,1-2H3,(H,24,26)/t11-/m0/s1. The van der Waals surface area contributed by atoms with Gasteiger partial charge in [-0.15, -0.1) is 0 Å². The molecular formula is C18H23ClF3N3O3. The summed E-state index contributed by atoms with van der Waals surface area (Å²) in [4.78, 5) is 29.4. The monoisotopic (exact) mass is 421 g/mol. The lowest BCUT2D eigenvalue weighted by molar-refractivity contribution is -0.153. The molecule has 0 radical (unpaired) electrons. The third-order valence-electron chi connectivity index (χ3n) is 4.64. The fourth-order valence-corrected chi connectivity index (χ4v) is 3.10. The summed E-state index contributed by atoms with van der Waals surface area (Å²) in [6.07, 6.45) is -2.11. The molecule has 156 valence electrons. The molecule has 1 amide bonds. The van der Waals surface area contributed by atoms with Gasteiger partial charge >= 0.3 is 12.1 Å². The van der Waals surface area contributed by atoms with Crippen LogP contribution in [0.5, 0.6) is 0 Å². The van der Waals surface area contributed by atoms with E-state index in [0.717, 1.165) is 18.7 Å². The van der Waals surface area contributed by atoms with Gasteiger partial charge in [-0.3, -0.25) is 9.59 Å². The van der Waals surface area contributed by atoms with E-state index in [1.54, 1.807) is 4.90 Å². The topological polar surface area (TPSA) is 71.5 Å². The zero-order chi connectivity index (χ0) is 20.9. The molecule has 0 saturated carbocycles. The molecule has 0 aromatic carbocycles. The van der Waals surface area contributed by atoms with E-state index in [2.05, 4.69) is 10.3 Å². The lowest BCUT2D eigenvalue weighted by Gasteiger charge is -2.32. The van der Waals surface area contributed by atoms with E-state index in [1.165, 1.54) is 0 Å². The average molecular weight is 422 g/mol. The first-order valence-electron chi connectivity index (χ1n) is 9.05. The highest BCUT2D eigenvalue weighted by Gasteiger charge is 2.33. The van der Waals surface area contributed by atoms with E-state index in [4.69, 9.17) is 16.3 Å². The number of amides is 1. The van der Waals surface area contributed by atoms with Gasteiger partial charge in [-0.25, -0.2) is 4.98 Å². The molecule has 1 aliphatic rings. The van der Waals surface area contributed by atoms with Crippen molar-refractivity contribution in [2.75, 3.05) is 24.6 Å². The molecule has 1 aromatic rings. The minimum atomic E-state index is -4.51. The molecule has 1 N–H and O–H groups in total. The minimum absolute atomic E-state index is 0.00965. The highest BCUT2D eigenvalue weighted by atomic mass is 35.5. The Labute approximate surface area is 166 Å². The molecule has 2 heterocycles. The second-order valence-electron chi connectivity index (χ2n) is 6.77. The van der Waals surface area contributed by atoms with Gasteiger partial charge in [0, 0.05) is 25.3 Å². The fourth-order valence-electron chi connectivity index (χ4n) is 2.82. The number of carbonyl (C=O) groups is 2. The van der Waals surface area contributed by atoms with Crippen molar-refractivity contribution in [1.29, 1.82) is 0 Å². The third kappa shape index (κ3) is 5.98. The quantitative estimate of drug-likeness (QED) is 0.712. The summed E-state index contributed by atoms with van der Waals surface area (Å²) in [7, 11) is 0. The van der Waals surface area contributed by atoms with Crippen LogP contribution in [-0.4, -0.2) is 42.6 Å². The number of aromatic nitrogens is 1. The summed E-state index contributed by atoms with van der Waals surface area (Å²) in [5.74, 6) is -0.915. The zero-order valence-electron chi connectivity index (χ0n) is 15.7. The molecule has 0 unspecified atom stereocenters. The maximum absolute atomic E-state index is 12.7. The van der Waals surface area contributed by atoms with Gasteiger partial charge in [-0.2, -0.15) is 13.2 Å². The summed E-state index contributed by atoms with van der Waals surface area (Å²) in [6.45, 7) is 4.27. The van der Waals surface area contributed by atoms with Crippen molar-refractivity contribution in [3.05, 3.63) is 22.8 Å². The smallest absolute Gasteiger partial charge is 0.417 e. The maximum atomic E-state index is 12.7. The Morgan fingerprint density at radius 1 is 1.39 bits per heavy atom. The van der Waals surface area contributed by atoms with Crippen LogP contribution in [0.3, 0.4) is 0 Å². The van der Waals surface area contributed by atoms with Crippen molar-refractivity contribution in [1.82, 2.24) is 10.3 Å². The van der Waals surface area contributed by atoms with Gasteiger partial charge in [0.25, 0.3) is 5.91 Å². The number of piperidine rings is 1. The van der Waals surface area contributed by atoms with E-state index in [-0.39, 0.29) is 35.3 Å². The van der Waals surface area contributed by atoms with Crippen molar-refractivity contribution in [3.63, 3.8) is 0 Å². The van der Waals surface area contributed by atoms with Gasteiger partial charge in [0.1, 0.15) is 5.82 Å². The Morgan fingerprint density at radius 2 is 2.04 bits per heavy atom. The Morgan fingerprint density at radius 3 is 2.57 bits per heavy atom. The molecule has 1 saturated heterocycles. The fraction of sp³-hybridized carbons (Fsp3) is 0.611. The first-order valence-corrected chi connectivity index (χ1v) is 9.43. The number of hydrogen-bond acceptors (Lipinski definition) is 5. The maximum Gasteiger partial charge on any atom is 0.417 e. The number of halogens is 4. The van der Waals surface area contributed by atoms with E-state index in [9.17, 15) is 22.8 Å². The van der Waals surface area contributed by atoms with Crippen molar-refractivity contribution < 1.29 is 27.5 Å². The van der Waals surface area contributed by atoms with Crippen LogP contribution in [0.15, 0.2) is 12.3 Å². The van der Waals surface area contributed by atoms with E-state index in [1.807, 2.05) is 13.8 Å². The number of rotatable bonds is 6. The van der Waals surface area contributed by atoms with Crippen molar-refractivity contribution in [3.8, 4) is 0 Å². The lowest BCUT2D eigenvalue weighted by atomic mass is 9.97. The van der Waals surface area contributed by atoms with Gasteiger partial charge in [-0.1, -0.05) is 18.5 Å². The van der Waals surface area contributed by atoms with Crippen molar-refractivity contribution in [2.24, 2.45) is 5.92 Å². The summed E-state index contributed by atoms with van der Waals surface area (Å²) < 4.78 is 43.2. The molecule has 0 bridgehead atoms. The Kier molecular flexibility index (Phi) is 7.51. The molecular weight excluding hydrogens is 399 g/mol. The normalized spacial score (nSPS) is 16.6. The van der Waals surface area contributed by atoms with Crippen LogP contribution in [0.4, 0.5) is 19.0 Å². The third-order valence-corrected chi connectivity index (χ3v) is 4.92. The first kappa shape index (κ1) is 22.3. The number of carbonyl (C=O) groups excluding carboxylic acids is 2. The summed E-state index contributed by atoms with van der Waals surface area (Å²) in [6, 6.07) is 0.857. The lowest BCUT2D eigenvalue weighted by Crippen LogP contribution is -2.39. The van der Waals surface area contributed by atoms with E-state index < -0.39 is 17.7 Å². The van der Waals surface area contributed by atoms with Crippen LogP contribution in [0.25, 0.3) is 0 Å². The number of nitrogens with zero attached hydrogens (tertiary/aromatic N) is 2. The van der Waals surface area contributed by atoms with Crippen LogP contribution in [-0.2, 0) is 20.5 Å². The summed E-state index contributed by atoms with van der Waals surface area (Å²) in [5.41, 5.74) is -0.907. The Bertz CT molecular complexity index is 707. The number of ether oxygens (including phenoxy) is 1. The number of alkyl halides is 3. The molecule has 2 rings (SSSR count). The Balaban J connectivity index is 1.85. The zero-order valence-corrected chi connectivity index (χ0v) is 16.4. The van der Waals surface area contributed by atoms with E-state index >= 15 is 0 Å². The van der Waals surface area contributed by atoms with E-state index in [0.29, 0.717) is 25.9 Å². The van der Waals surface area contributed by atoms with Gasteiger partial charge in [-0.05, 0) is 32.3 Å². The first-order chi connectivity index (χ1) is 13.1. The van der Waals surface area contributed by atoms with Gasteiger partial charge < -0.3 is 15.0 Å². The summed E-state index contributed by atoms with van der Waals surface area (Å²) >= 11 is 5.97. The highest BCUT2D eigenvalue weighted by Crippen LogP contribution is 2.34. The number of hydrogen-bond donors (Lipinski definition) is 1. The van der Waals surface area contributed by atoms with Gasteiger partial charge in [0.05, 0.1) is 16.5 Å². The molecule has 0 aliphatic carbocycles. The largest absolute Gasteiger partial charge is 0.455 e. The molecule has 10 heteroatoms. The van der Waals surface area contributed by atoms with Crippen LogP contribution in [0.1, 0.15) is 38.7 Å². The number of nitrogens with one attached hydrogen (secondary N) is 1. The Hall–Kier alpha value is -2.03. The van der Waals surface area contributed by atoms with Crippen LogP contribution in [0, 0.1) is 5.92 Å². The average Bonchev–Trinajstić information content (AvgIpc) is 2.65. The molecule has 1 fully saturated rings.